The van der Waals surface area contributed by atoms with Gasteiger partial charge in [-0.25, -0.2) is 0 Å². The summed E-state index contributed by atoms with van der Waals surface area (Å²) in [5.41, 5.74) is 2.07. The van der Waals surface area contributed by atoms with Crippen molar-refractivity contribution in [3.63, 3.8) is 0 Å². The molecule has 0 radical (unpaired) electrons. The maximum Gasteiger partial charge on any atom is 0.261 e. The minimum absolute atomic E-state index is 0.281. The van der Waals surface area contributed by atoms with Crippen molar-refractivity contribution in [1.82, 2.24) is 19.8 Å². The van der Waals surface area contributed by atoms with Gasteiger partial charge in [0.15, 0.2) is 0 Å². The van der Waals surface area contributed by atoms with Crippen molar-refractivity contribution in [1.29, 1.82) is 0 Å². The molecule has 2 N–H and O–H groups in total. The van der Waals surface area contributed by atoms with Gasteiger partial charge in [0.2, 0.25) is 5.13 Å². The molecule has 0 bridgehead atoms. The van der Waals surface area contributed by atoms with Crippen LogP contribution in [0.15, 0.2) is 12.3 Å². The molecule has 2 aromatic rings. The highest BCUT2D eigenvalue weighted by molar-refractivity contribution is 7.09. The molecule has 0 fully saturated rings. The number of rotatable bonds is 4. The van der Waals surface area contributed by atoms with Crippen molar-refractivity contribution < 1.29 is 4.79 Å². The minimum atomic E-state index is -0.281. The smallest absolute Gasteiger partial charge is 0.261 e. The number of amides is 1. The number of hydrogen-bond acceptors (Lipinski definition) is 7. The first-order valence-electron chi connectivity index (χ1n) is 5.37. The summed E-state index contributed by atoms with van der Waals surface area (Å²) in [6, 6.07) is 1.83. The van der Waals surface area contributed by atoms with Crippen molar-refractivity contribution in [3.8, 4) is 0 Å². The van der Waals surface area contributed by atoms with Gasteiger partial charge in [0, 0.05) is 30.0 Å². The summed E-state index contributed by atoms with van der Waals surface area (Å²) in [5, 5.41) is 13.2. The molecule has 0 aromatic carbocycles. The molecule has 2 aromatic heterocycles. The van der Waals surface area contributed by atoms with Crippen molar-refractivity contribution in [2.75, 3.05) is 17.2 Å². The molecule has 2 heterocycles. The average Bonchev–Trinajstić information content (AvgIpc) is 2.82. The van der Waals surface area contributed by atoms with Gasteiger partial charge in [-0.3, -0.25) is 15.1 Å². The number of anilines is 2. The Labute approximate surface area is 108 Å². The van der Waals surface area contributed by atoms with Crippen molar-refractivity contribution in [3.05, 3.63) is 23.5 Å². The van der Waals surface area contributed by atoms with Gasteiger partial charge in [-0.05, 0) is 25.1 Å². The van der Waals surface area contributed by atoms with Crippen LogP contribution >= 0.6 is 11.5 Å². The van der Waals surface area contributed by atoms with Crippen LogP contribution in [0.2, 0.25) is 0 Å². The van der Waals surface area contributed by atoms with Gasteiger partial charge >= 0.3 is 0 Å². The van der Waals surface area contributed by atoms with E-state index in [4.69, 9.17) is 0 Å². The maximum absolute atomic E-state index is 12.0. The first-order chi connectivity index (χ1) is 8.70. The lowest BCUT2D eigenvalue weighted by molar-refractivity contribution is 0.102. The normalized spacial score (nSPS) is 10.1. The lowest BCUT2D eigenvalue weighted by Gasteiger charge is -2.10. The molecular weight excluding hydrogens is 252 g/mol. The van der Waals surface area contributed by atoms with Crippen LogP contribution in [0, 0.1) is 6.92 Å². The second-order valence-electron chi connectivity index (χ2n) is 3.52. The number of hydrogen-bond donors (Lipinski definition) is 2. The molecule has 8 heteroatoms. The predicted molar refractivity (Wildman–Crippen MR) is 68.8 cm³/mol. The zero-order valence-corrected chi connectivity index (χ0v) is 10.8. The van der Waals surface area contributed by atoms with Crippen molar-refractivity contribution in [2.45, 2.75) is 13.8 Å². The Hall–Kier alpha value is -2.09. The predicted octanol–water partition coefficient (Wildman–Crippen LogP) is 1.32. The lowest BCUT2D eigenvalue weighted by atomic mass is 10.2. The van der Waals surface area contributed by atoms with E-state index in [2.05, 4.69) is 30.4 Å². The molecule has 0 atom stereocenters. The quantitative estimate of drug-likeness (QED) is 0.865. The average molecular weight is 264 g/mol. The molecule has 1 amide bonds. The van der Waals surface area contributed by atoms with E-state index in [-0.39, 0.29) is 5.91 Å². The molecule has 0 spiro atoms. The van der Waals surface area contributed by atoms with Gasteiger partial charge in [-0.2, -0.15) is 0 Å². The molecule has 94 valence electrons. The Bertz CT molecular complexity index is 541. The monoisotopic (exact) mass is 264 g/mol. The number of aryl methyl sites for hydroxylation is 1. The Balaban J connectivity index is 2.23. The van der Waals surface area contributed by atoms with Gasteiger partial charge in [-0.1, -0.05) is 9.59 Å². The summed E-state index contributed by atoms with van der Waals surface area (Å²) in [5.74, 6) is -0.281. The molecular formula is C10H12N6OS. The first kappa shape index (κ1) is 12.4. The molecule has 18 heavy (non-hydrogen) atoms. The van der Waals surface area contributed by atoms with Crippen LogP contribution in [0.25, 0.3) is 0 Å². The van der Waals surface area contributed by atoms with E-state index < -0.39 is 0 Å². The molecule has 0 aliphatic rings. The number of carbonyl (C=O) groups excluding carboxylic acids is 1. The molecule has 0 aliphatic carbocycles. The largest absolute Gasteiger partial charge is 0.385 e. The number of nitrogens with zero attached hydrogens (tertiary/aromatic N) is 4. The van der Waals surface area contributed by atoms with Gasteiger partial charge in [0.1, 0.15) is 0 Å². The van der Waals surface area contributed by atoms with Crippen LogP contribution in [0.1, 0.15) is 23.0 Å². The summed E-state index contributed by atoms with van der Waals surface area (Å²) in [7, 11) is 0. The van der Waals surface area contributed by atoms with Crippen LogP contribution in [-0.4, -0.2) is 32.2 Å². The number of nitrogens with one attached hydrogen (secondary N) is 2. The highest BCUT2D eigenvalue weighted by Crippen LogP contribution is 2.17. The van der Waals surface area contributed by atoms with E-state index >= 15 is 0 Å². The van der Waals surface area contributed by atoms with E-state index in [0.29, 0.717) is 10.7 Å². The standard InChI is InChI=1S/C10H12N6OS/c1-3-11-8-4-6(2)12-5-7(8)9(17)13-10-14-15-16-18-10/h4-5H,3H2,1-2H3,(H,11,12)(H,13,14,16,17). The van der Waals surface area contributed by atoms with E-state index in [1.54, 1.807) is 0 Å². The zero-order chi connectivity index (χ0) is 13.0. The van der Waals surface area contributed by atoms with E-state index in [9.17, 15) is 4.79 Å². The summed E-state index contributed by atoms with van der Waals surface area (Å²) >= 11 is 1.02. The van der Waals surface area contributed by atoms with Gasteiger partial charge in [0.05, 0.1) is 11.3 Å². The van der Waals surface area contributed by atoms with E-state index in [1.807, 2.05) is 19.9 Å². The van der Waals surface area contributed by atoms with Gasteiger partial charge in [0.25, 0.3) is 5.91 Å². The molecule has 2 rings (SSSR count). The highest BCUT2D eigenvalue weighted by Gasteiger charge is 2.13. The van der Waals surface area contributed by atoms with Crippen LogP contribution in [0.4, 0.5) is 10.8 Å². The Morgan fingerprint density at radius 3 is 3.00 bits per heavy atom. The third kappa shape index (κ3) is 2.77. The van der Waals surface area contributed by atoms with Crippen LogP contribution in [0.3, 0.4) is 0 Å². The lowest BCUT2D eigenvalue weighted by Crippen LogP contribution is -2.15. The van der Waals surface area contributed by atoms with Crippen molar-refractivity contribution in [2.24, 2.45) is 0 Å². The molecule has 0 aliphatic heterocycles. The molecule has 7 nitrogen and oxygen atoms in total. The minimum Gasteiger partial charge on any atom is -0.385 e. The van der Waals surface area contributed by atoms with Gasteiger partial charge in [-0.15, -0.1) is 0 Å². The van der Waals surface area contributed by atoms with E-state index in [0.717, 1.165) is 29.5 Å². The summed E-state index contributed by atoms with van der Waals surface area (Å²) in [6.45, 7) is 4.56. The fourth-order valence-electron chi connectivity index (χ4n) is 1.42. The van der Waals surface area contributed by atoms with Crippen LogP contribution in [0.5, 0.6) is 0 Å². The van der Waals surface area contributed by atoms with E-state index in [1.165, 1.54) is 6.20 Å². The fraction of sp³-hybridized carbons (Fsp3) is 0.300. The van der Waals surface area contributed by atoms with Crippen LogP contribution < -0.4 is 10.6 Å². The number of aromatic nitrogens is 4. The zero-order valence-electron chi connectivity index (χ0n) is 9.97. The molecule has 0 unspecified atom stereocenters. The topological polar surface area (TPSA) is 92.7 Å². The first-order valence-corrected chi connectivity index (χ1v) is 6.15. The summed E-state index contributed by atoms with van der Waals surface area (Å²) < 4.78 is 3.58. The SMILES string of the molecule is CCNc1cc(C)ncc1C(=O)Nc1nnns1. The van der Waals surface area contributed by atoms with Gasteiger partial charge < -0.3 is 5.32 Å². The van der Waals surface area contributed by atoms with Crippen LogP contribution in [-0.2, 0) is 0 Å². The van der Waals surface area contributed by atoms with Crippen molar-refractivity contribution >= 4 is 28.3 Å². The Morgan fingerprint density at radius 2 is 2.33 bits per heavy atom. The third-order valence-corrected chi connectivity index (χ3v) is 2.68. The number of carbonyl (C=O) groups is 1. The maximum atomic E-state index is 12.0. The second kappa shape index (κ2) is 5.50. The Morgan fingerprint density at radius 1 is 1.50 bits per heavy atom. The summed E-state index contributed by atoms with van der Waals surface area (Å²) in [6.07, 6.45) is 1.54. The molecule has 0 saturated heterocycles. The fourth-order valence-corrected chi connectivity index (χ4v) is 1.79. The number of pyridine rings is 1. The third-order valence-electron chi connectivity index (χ3n) is 2.17. The second-order valence-corrected chi connectivity index (χ2v) is 4.26. The highest BCUT2D eigenvalue weighted by atomic mass is 32.1. The molecule has 0 saturated carbocycles. The Kier molecular flexibility index (Phi) is 3.78. The summed E-state index contributed by atoms with van der Waals surface area (Å²) in [4.78, 5) is 16.2.